The van der Waals surface area contributed by atoms with Gasteiger partial charge < -0.3 is 4.57 Å². The van der Waals surface area contributed by atoms with E-state index in [9.17, 15) is 9.59 Å². The average Bonchev–Trinajstić information content (AvgIpc) is 2.93. The molecule has 3 rings (SSSR count). The molecule has 4 nitrogen and oxygen atoms in total. The van der Waals surface area contributed by atoms with Gasteiger partial charge in [0.1, 0.15) is 0 Å². The quantitative estimate of drug-likeness (QED) is 0.768. The summed E-state index contributed by atoms with van der Waals surface area (Å²) in [4.78, 5) is 23.4. The number of imide groups is 1. The standard InChI is InChI=1S/C17H15BrN2O2S/c1-9-6-13(4-5-14(9)18)20-10(2)7-12(11(20)3)8-15-16(21)19-17(22)23-15/h4-8H,1-3H3,(H,19,21,22). The lowest BCUT2D eigenvalue weighted by atomic mass is 10.2. The Balaban J connectivity index is 2.06. The van der Waals surface area contributed by atoms with Crippen LogP contribution in [-0.2, 0) is 4.79 Å². The zero-order valence-corrected chi connectivity index (χ0v) is 15.3. The van der Waals surface area contributed by atoms with Gasteiger partial charge >= 0.3 is 0 Å². The molecule has 2 aromatic rings. The van der Waals surface area contributed by atoms with Crippen LogP contribution in [0.4, 0.5) is 4.79 Å². The number of nitrogens with one attached hydrogen (secondary N) is 1. The molecule has 1 fully saturated rings. The maximum atomic E-state index is 11.7. The number of nitrogens with zero attached hydrogens (tertiary/aromatic N) is 1. The van der Waals surface area contributed by atoms with E-state index in [1.165, 1.54) is 0 Å². The average molecular weight is 391 g/mol. The Kier molecular flexibility index (Phi) is 4.21. The van der Waals surface area contributed by atoms with Crippen LogP contribution in [0.2, 0.25) is 0 Å². The van der Waals surface area contributed by atoms with E-state index in [4.69, 9.17) is 0 Å². The highest BCUT2D eigenvalue weighted by Gasteiger charge is 2.25. The van der Waals surface area contributed by atoms with Crippen LogP contribution in [0.15, 0.2) is 33.6 Å². The number of hydrogen-bond acceptors (Lipinski definition) is 3. The molecule has 0 unspecified atom stereocenters. The SMILES string of the molecule is Cc1cc(-n2c(C)cc(C=C3SC(=O)NC3=O)c2C)ccc1Br. The molecule has 0 bridgehead atoms. The van der Waals surface area contributed by atoms with E-state index < -0.39 is 0 Å². The van der Waals surface area contributed by atoms with Crippen molar-refractivity contribution in [1.82, 2.24) is 9.88 Å². The van der Waals surface area contributed by atoms with E-state index >= 15 is 0 Å². The predicted octanol–water partition coefficient (Wildman–Crippen LogP) is 4.49. The van der Waals surface area contributed by atoms with Gasteiger partial charge in [-0.1, -0.05) is 15.9 Å². The highest BCUT2D eigenvalue weighted by molar-refractivity contribution is 9.10. The predicted molar refractivity (Wildman–Crippen MR) is 96.8 cm³/mol. The van der Waals surface area contributed by atoms with E-state index in [0.717, 1.165) is 44.4 Å². The van der Waals surface area contributed by atoms with Crippen molar-refractivity contribution in [2.45, 2.75) is 20.8 Å². The Labute approximate surface area is 147 Å². The van der Waals surface area contributed by atoms with Crippen molar-refractivity contribution in [2.24, 2.45) is 0 Å². The molecule has 118 valence electrons. The maximum Gasteiger partial charge on any atom is 0.290 e. The minimum absolute atomic E-state index is 0.321. The summed E-state index contributed by atoms with van der Waals surface area (Å²) in [5.74, 6) is -0.329. The summed E-state index contributed by atoms with van der Waals surface area (Å²) in [5.41, 5.74) is 5.28. The Morgan fingerprint density at radius 3 is 2.52 bits per heavy atom. The fraction of sp³-hybridized carbons (Fsp3) is 0.176. The van der Waals surface area contributed by atoms with Gasteiger partial charge in [-0.15, -0.1) is 0 Å². The normalized spacial score (nSPS) is 16.3. The molecule has 6 heteroatoms. The van der Waals surface area contributed by atoms with Crippen molar-refractivity contribution in [3.8, 4) is 5.69 Å². The second-order valence-corrected chi connectivity index (χ2v) is 7.32. The minimum atomic E-state index is -0.329. The summed E-state index contributed by atoms with van der Waals surface area (Å²) in [6.45, 7) is 6.09. The number of carbonyl (C=O) groups excluding carboxylic acids is 2. The number of amides is 2. The summed E-state index contributed by atoms with van der Waals surface area (Å²) >= 11 is 4.46. The number of rotatable bonds is 2. The molecule has 23 heavy (non-hydrogen) atoms. The number of hydrogen-bond donors (Lipinski definition) is 1. The van der Waals surface area contributed by atoms with Gasteiger partial charge in [-0.05, 0) is 74.0 Å². The molecule has 1 N–H and O–H groups in total. The van der Waals surface area contributed by atoms with Crippen molar-refractivity contribution in [1.29, 1.82) is 0 Å². The lowest BCUT2D eigenvalue weighted by molar-refractivity contribution is -0.115. The van der Waals surface area contributed by atoms with Crippen LogP contribution in [0.3, 0.4) is 0 Å². The van der Waals surface area contributed by atoms with Crippen LogP contribution in [0.5, 0.6) is 0 Å². The van der Waals surface area contributed by atoms with E-state index in [1.54, 1.807) is 6.08 Å². The first-order valence-corrected chi connectivity index (χ1v) is 8.68. The maximum absolute atomic E-state index is 11.7. The second kappa shape index (κ2) is 6.02. The topological polar surface area (TPSA) is 51.1 Å². The first-order valence-electron chi connectivity index (χ1n) is 7.07. The monoisotopic (exact) mass is 390 g/mol. The summed E-state index contributed by atoms with van der Waals surface area (Å²) in [6, 6.07) is 8.22. The highest BCUT2D eigenvalue weighted by atomic mass is 79.9. The molecule has 0 saturated carbocycles. The van der Waals surface area contributed by atoms with Crippen LogP contribution in [-0.4, -0.2) is 15.7 Å². The third-order valence-electron chi connectivity index (χ3n) is 3.80. The second-order valence-electron chi connectivity index (χ2n) is 5.45. The molecule has 1 aliphatic heterocycles. The Hall–Kier alpha value is -1.79. The van der Waals surface area contributed by atoms with Gasteiger partial charge in [0.25, 0.3) is 11.1 Å². The number of halogens is 1. The number of aryl methyl sites for hydroxylation is 2. The van der Waals surface area contributed by atoms with Gasteiger partial charge in [0, 0.05) is 21.5 Å². The zero-order valence-electron chi connectivity index (χ0n) is 12.9. The highest BCUT2D eigenvalue weighted by Crippen LogP contribution is 2.29. The fourth-order valence-corrected chi connectivity index (χ4v) is 3.58. The van der Waals surface area contributed by atoms with Gasteiger partial charge in [-0.3, -0.25) is 14.9 Å². The number of aromatic nitrogens is 1. The zero-order chi connectivity index (χ0) is 16.7. The summed E-state index contributed by atoms with van der Waals surface area (Å²) in [7, 11) is 0. The van der Waals surface area contributed by atoms with Crippen molar-refractivity contribution in [3.05, 3.63) is 56.2 Å². The molecule has 1 aromatic heterocycles. The van der Waals surface area contributed by atoms with E-state index in [0.29, 0.717) is 4.91 Å². The fourth-order valence-electron chi connectivity index (χ4n) is 2.66. The largest absolute Gasteiger partial charge is 0.318 e. The molecule has 1 saturated heterocycles. The van der Waals surface area contributed by atoms with Crippen LogP contribution in [0.25, 0.3) is 11.8 Å². The molecular weight excluding hydrogens is 376 g/mol. The third-order valence-corrected chi connectivity index (χ3v) is 5.50. The van der Waals surface area contributed by atoms with Crippen molar-refractivity contribution < 1.29 is 9.59 Å². The number of carbonyl (C=O) groups is 2. The van der Waals surface area contributed by atoms with Crippen molar-refractivity contribution in [2.75, 3.05) is 0 Å². The lowest BCUT2D eigenvalue weighted by Crippen LogP contribution is -2.17. The molecule has 1 aliphatic rings. The van der Waals surface area contributed by atoms with Gasteiger partial charge in [0.2, 0.25) is 0 Å². The first-order chi connectivity index (χ1) is 10.9. The van der Waals surface area contributed by atoms with Crippen LogP contribution >= 0.6 is 27.7 Å². The van der Waals surface area contributed by atoms with Crippen LogP contribution in [0.1, 0.15) is 22.5 Å². The van der Waals surface area contributed by atoms with Crippen molar-refractivity contribution in [3.63, 3.8) is 0 Å². The molecule has 2 amide bonds. The Bertz CT molecular complexity index is 868. The molecule has 0 radical (unpaired) electrons. The number of thioether (sulfide) groups is 1. The Morgan fingerprint density at radius 2 is 1.91 bits per heavy atom. The molecule has 1 aromatic carbocycles. The third kappa shape index (κ3) is 3.01. The van der Waals surface area contributed by atoms with Gasteiger partial charge in [0.15, 0.2) is 0 Å². The number of benzene rings is 1. The summed E-state index contributed by atoms with van der Waals surface area (Å²) < 4.78 is 3.22. The first kappa shape index (κ1) is 16.1. The Morgan fingerprint density at radius 1 is 1.17 bits per heavy atom. The van der Waals surface area contributed by atoms with E-state index in [2.05, 4.69) is 44.9 Å². The summed E-state index contributed by atoms with van der Waals surface area (Å²) in [6.07, 6.45) is 1.77. The van der Waals surface area contributed by atoms with E-state index in [-0.39, 0.29) is 11.1 Å². The minimum Gasteiger partial charge on any atom is -0.318 e. The van der Waals surface area contributed by atoms with Gasteiger partial charge in [-0.2, -0.15) is 0 Å². The molecular formula is C17H15BrN2O2S. The molecule has 0 atom stereocenters. The smallest absolute Gasteiger partial charge is 0.290 e. The van der Waals surface area contributed by atoms with Crippen LogP contribution in [0, 0.1) is 20.8 Å². The molecule has 2 heterocycles. The van der Waals surface area contributed by atoms with E-state index in [1.807, 2.05) is 26.0 Å². The summed E-state index contributed by atoms with van der Waals surface area (Å²) in [5, 5.41) is 1.96. The lowest BCUT2D eigenvalue weighted by Gasteiger charge is -2.11. The van der Waals surface area contributed by atoms with Gasteiger partial charge in [0.05, 0.1) is 4.91 Å². The molecule has 0 aliphatic carbocycles. The molecule has 0 spiro atoms. The van der Waals surface area contributed by atoms with Crippen molar-refractivity contribution >= 4 is 44.9 Å². The van der Waals surface area contributed by atoms with Crippen LogP contribution < -0.4 is 5.32 Å². The van der Waals surface area contributed by atoms with Gasteiger partial charge in [-0.25, -0.2) is 0 Å².